The summed E-state index contributed by atoms with van der Waals surface area (Å²) in [5.41, 5.74) is 2.88. The van der Waals surface area contributed by atoms with E-state index in [1.807, 2.05) is 57.5 Å². The van der Waals surface area contributed by atoms with Gasteiger partial charge in [-0.3, -0.25) is 9.59 Å². The third-order valence-electron chi connectivity index (χ3n) is 12.8. The molecule has 5 aliphatic rings. The van der Waals surface area contributed by atoms with Crippen molar-refractivity contribution in [3.05, 3.63) is 88.5 Å². The van der Waals surface area contributed by atoms with Crippen molar-refractivity contribution in [2.24, 2.45) is 22.7 Å². The van der Waals surface area contributed by atoms with Crippen LogP contribution in [0.15, 0.2) is 66.3 Å². The fourth-order valence-electron chi connectivity index (χ4n) is 10.2. The number of hydrogen-bond donors (Lipinski definition) is 3. The van der Waals surface area contributed by atoms with Gasteiger partial charge in [0.1, 0.15) is 6.17 Å². The number of aliphatic hydroxyl groups excluding tert-OH is 2. The van der Waals surface area contributed by atoms with E-state index in [0.29, 0.717) is 23.2 Å². The lowest BCUT2D eigenvalue weighted by atomic mass is 9.44. The molecule has 4 fully saturated rings. The Hall–Kier alpha value is -3.81. The third-order valence-corrected chi connectivity index (χ3v) is 12.8. The maximum Gasteiger partial charge on any atom is 0.362 e. The first-order valence-electron chi connectivity index (χ1n) is 18.2. The second-order valence-electron chi connectivity index (χ2n) is 17.0. The normalized spacial score (nSPS) is 37.3. The fourth-order valence-corrected chi connectivity index (χ4v) is 10.2. The number of alkyl halides is 2. The van der Waals surface area contributed by atoms with Gasteiger partial charge in [-0.1, -0.05) is 49.4 Å². The molecule has 1 saturated heterocycles. The number of nitrogens with zero attached hydrogens (tertiary/aromatic N) is 1. The van der Waals surface area contributed by atoms with Crippen LogP contribution in [0.3, 0.4) is 0 Å². The van der Waals surface area contributed by atoms with Gasteiger partial charge in [0.25, 0.3) is 0 Å². The van der Waals surface area contributed by atoms with Crippen molar-refractivity contribution in [2.45, 2.75) is 82.1 Å². The lowest BCUT2D eigenvalue weighted by molar-refractivity contribution is -0.862. The van der Waals surface area contributed by atoms with Crippen LogP contribution in [0.1, 0.15) is 61.7 Å². The van der Waals surface area contributed by atoms with Crippen LogP contribution >= 0.6 is 0 Å². The maximum atomic E-state index is 17.9. The zero-order chi connectivity index (χ0) is 38.3. The van der Waals surface area contributed by atoms with Gasteiger partial charge < -0.3 is 34.6 Å². The minimum atomic E-state index is -2.35. The second kappa shape index (κ2) is 12.9. The van der Waals surface area contributed by atoms with Crippen LogP contribution in [-0.4, -0.2) is 96.2 Å². The highest BCUT2D eigenvalue weighted by atomic mass is 19.1. The molecule has 4 aliphatic carbocycles. The molecule has 10 atom stereocenters. The van der Waals surface area contributed by atoms with Gasteiger partial charge >= 0.3 is 5.97 Å². The molecule has 0 aromatic heterocycles. The third kappa shape index (κ3) is 5.80. The van der Waals surface area contributed by atoms with Crippen molar-refractivity contribution in [1.82, 2.24) is 0 Å². The number of quaternary nitrogens is 1. The van der Waals surface area contributed by atoms with Crippen LogP contribution in [0.5, 0.6) is 0 Å². The Kier molecular flexibility index (Phi) is 9.13. The smallest absolute Gasteiger partial charge is 0.362 e. The molecular formula is C41H49F2N2O8+. The van der Waals surface area contributed by atoms with E-state index in [4.69, 9.17) is 19.9 Å². The van der Waals surface area contributed by atoms with Gasteiger partial charge in [-0.2, -0.15) is 0 Å². The zero-order valence-corrected chi connectivity index (χ0v) is 30.8. The molecule has 3 saturated carbocycles. The quantitative estimate of drug-likeness (QED) is 0.196. The molecule has 1 heterocycles. The summed E-state index contributed by atoms with van der Waals surface area (Å²) in [5.74, 6) is -3.29. The Morgan fingerprint density at radius 1 is 1.06 bits per heavy atom. The van der Waals surface area contributed by atoms with E-state index in [1.165, 1.54) is 19.1 Å². The molecule has 0 bridgehead atoms. The molecule has 284 valence electrons. The van der Waals surface area contributed by atoms with E-state index in [1.54, 1.807) is 13.0 Å². The highest BCUT2D eigenvalue weighted by Gasteiger charge is 2.80. The van der Waals surface area contributed by atoms with Gasteiger partial charge in [0.05, 0.1) is 40.0 Å². The van der Waals surface area contributed by atoms with Crippen LogP contribution in [-0.2, 0) is 41.6 Å². The van der Waals surface area contributed by atoms with E-state index in [9.17, 15) is 24.6 Å². The number of nitrogen functional groups attached to an aromatic ring is 1. The molecule has 4 N–H and O–H groups in total. The molecule has 0 amide bonds. The number of fused-ring (bicyclic) bond motifs is 7. The SMILES string of the molecule is C[C@]12C=CC(=O)C=C1[C@@H](F)C[C@H]1[C@@H]3C[C@H]4O[C@@H](c5ccc(Cc6ccc(CO)c(N)c6)cc5)O[C@@]4(C(=O)COC(=O)C[N+](C)(C)C)[C@@]3(C)C[C@H](O)[C@@]12F. The number of allylic oxidation sites excluding steroid dienone is 4. The Labute approximate surface area is 308 Å². The Bertz CT molecular complexity index is 1890. The molecule has 53 heavy (non-hydrogen) atoms. The highest BCUT2D eigenvalue weighted by Crippen LogP contribution is 2.72. The Morgan fingerprint density at radius 2 is 1.75 bits per heavy atom. The maximum absolute atomic E-state index is 17.9. The van der Waals surface area contributed by atoms with Crippen molar-refractivity contribution >= 4 is 23.2 Å². The van der Waals surface area contributed by atoms with E-state index in [2.05, 4.69) is 0 Å². The first-order chi connectivity index (χ1) is 24.9. The van der Waals surface area contributed by atoms with Gasteiger partial charge in [0.15, 0.2) is 36.5 Å². The number of esters is 1. The molecule has 2 aromatic carbocycles. The summed E-state index contributed by atoms with van der Waals surface area (Å²) in [6, 6.07) is 13.0. The van der Waals surface area contributed by atoms with Crippen LogP contribution in [0, 0.1) is 22.7 Å². The summed E-state index contributed by atoms with van der Waals surface area (Å²) in [4.78, 5) is 39.7. The van der Waals surface area contributed by atoms with E-state index < -0.39 is 82.7 Å². The van der Waals surface area contributed by atoms with E-state index >= 15 is 8.78 Å². The minimum Gasteiger partial charge on any atom is -0.453 e. The van der Waals surface area contributed by atoms with Crippen LogP contribution in [0.4, 0.5) is 14.5 Å². The average molecular weight is 736 g/mol. The summed E-state index contributed by atoms with van der Waals surface area (Å²) in [6.45, 7) is 2.56. The van der Waals surface area contributed by atoms with Crippen molar-refractivity contribution < 1.29 is 52.1 Å². The molecule has 1 aliphatic heterocycles. The van der Waals surface area contributed by atoms with Crippen LogP contribution in [0.2, 0.25) is 0 Å². The largest absolute Gasteiger partial charge is 0.453 e. The predicted molar refractivity (Wildman–Crippen MR) is 190 cm³/mol. The van der Waals surface area contributed by atoms with Crippen molar-refractivity contribution in [1.29, 1.82) is 0 Å². The number of carbonyl (C=O) groups is 3. The standard InChI is InChI=1S/C41H49F2N2O8/c1-38-13-12-27(47)16-30(38)31(42)17-29-28-18-35-41(39(28,2)19-33(48)40(29,38)43,34(49)22-51-36(50)20-45(3,4)5)53-37(52-35)25-9-6-23(7-10-25)14-24-8-11-26(21-46)32(44)15-24/h6-13,15-16,28-29,31,33,35,37,46,48H,14,17-22,44H2,1-5H3/q+1/t28-,29-,31-,33-,35+,37+,38-,39-,40-,41+/m0/s1. The summed E-state index contributed by atoms with van der Waals surface area (Å²) in [7, 11) is 5.46. The summed E-state index contributed by atoms with van der Waals surface area (Å²) in [5, 5.41) is 21.4. The predicted octanol–water partition coefficient (Wildman–Crippen LogP) is 4.25. The van der Waals surface area contributed by atoms with Gasteiger partial charge in [-0.15, -0.1) is 0 Å². The molecule has 0 spiro atoms. The zero-order valence-electron chi connectivity index (χ0n) is 30.8. The van der Waals surface area contributed by atoms with Gasteiger partial charge in [0, 0.05) is 33.6 Å². The van der Waals surface area contributed by atoms with Gasteiger partial charge in [-0.25, -0.2) is 13.6 Å². The van der Waals surface area contributed by atoms with Gasteiger partial charge in [0.2, 0.25) is 5.78 Å². The number of ether oxygens (including phenoxy) is 3. The number of Topliss-reactive ketones (excluding diaryl/α,β-unsaturated/α-hetero) is 1. The number of halogens is 2. The van der Waals surface area contributed by atoms with Crippen molar-refractivity contribution in [3.63, 3.8) is 0 Å². The summed E-state index contributed by atoms with van der Waals surface area (Å²) >= 11 is 0. The molecule has 0 unspecified atom stereocenters. The monoisotopic (exact) mass is 735 g/mol. The number of ketones is 2. The molecular weight excluding hydrogens is 686 g/mol. The fraction of sp³-hybridized carbons (Fsp3) is 0.537. The minimum absolute atomic E-state index is 0.0150. The molecule has 12 heteroatoms. The lowest BCUT2D eigenvalue weighted by Crippen LogP contribution is -2.70. The highest BCUT2D eigenvalue weighted by molar-refractivity contribution is 6.01. The Morgan fingerprint density at radius 3 is 2.42 bits per heavy atom. The number of anilines is 1. The molecule has 2 aromatic rings. The van der Waals surface area contributed by atoms with Crippen molar-refractivity contribution in [2.75, 3.05) is 40.0 Å². The van der Waals surface area contributed by atoms with Crippen molar-refractivity contribution in [3.8, 4) is 0 Å². The van der Waals surface area contributed by atoms with Crippen LogP contribution in [0.25, 0.3) is 0 Å². The number of aliphatic hydroxyl groups is 2. The molecule has 0 radical (unpaired) electrons. The summed E-state index contributed by atoms with van der Waals surface area (Å²) in [6.07, 6.45) is -1.25. The second-order valence-corrected chi connectivity index (χ2v) is 17.0. The summed E-state index contributed by atoms with van der Waals surface area (Å²) < 4.78 is 53.1. The topological polar surface area (TPSA) is 145 Å². The number of carbonyl (C=O) groups excluding carboxylic acids is 3. The first-order valence-corrected chi connectivity index (χ1v) is 18.2. The Balaban J connectivity index is 1.21. The number of rotatable bonds is 9. The average Bonchev–Trinajstić information content (AvgIpc) is 3.59. The van der Waals surface area contributed by atoms with E-state index in [-0.39, 0.29) is 42.5 Å². The number of likely N-dealkylation sites (N-methyl/N-ethyl adjacent to an activating group) is 1. The number of hydrogen-bond acceptors (Lipinski definition) is 9. The number of benzene rings is 2. The van der Waals surface area contributed by atoms with Crippen LogP contribution < -0.4 is 5.73 Å². The number of nitrogens with two attached hydrogens (primary N) is 1. The lowest BCUT2D eigenvalue weighted by Gasteiger charge is -2.63. The van der Waals surface area contributed by atoms with E-state index in [0.717, 1.165) is 17.2 Å². The van der Waals surface area contributed by atoms with Gasteiger partial charge in [-0.05, 0) is 73.4 Å². The first kappa shape index (κ1) is 37.5. The molecule has 7 rings (SSSR count). The molecule has 10 nitrogen and oxygen atoms in total.